The van der Waals surface area contributed by atoms with E-state index in [4.69, 9.17) is 9.84 Å². The van der Waals surface area contributed by atoms with Crippen molar-refractivity contribution < 1.29 is 23.8 Å². The zero-order valence-corrected chi connectivity index (χ0v) is 15.2. The number of urea groups is 1. The predicted octanol–water partition coefficient (Wildman–Crippen LogP) is 3.56. The number of anilines is 1. The van der Waals surface area contributed by atoms with E-state index in [1.165, 1.54) is 12.1 Å². The zero-order valence-electron chi connectivity index (χ0n) is 15.2. The van der Waals surface area contributed by atoms with Crippen LogP contribution in [0.25, 0.3) is 0 Å². The molecule has 0 bridgehead atoms. The number of hydrogen-bond acceptors (Lipinski definition) is 4. The van der Waals surface area contributed by atoms with E-state index < -0.39 is 17.8 Å². The Balaban J connectivity index is 1.48. The van der Waals surface area contributed by atoms with Crippen molar-refractivity contribution >= 4 is 17.7 Å². The van der Waals surface area contributed by atoms with E-state index in [-0.39, 0.29) is 24.3 Å². The summed E-state index contributed by atoms with van der Waals surface area (Å²) in [5.41, 5.74) is 0.987. The van der Waals surface area contributed by atoms with Gasteiger partial charge >= 0.3 is 12.0 Å². The minimum atomic E-state index is -0.788. The molecule has 0 saturated heterocycles. The molecular formula is C20H22FN3O4. The van der Waals surface area contributed by atoms with E-state index in [1.54, 1.807) is 24.4 Å². The highest BCUT2D eigenvalue weighted by Gasteiger charge is 2.26. The summed E-state index contributed by atoms with van der Waals surface area (Å²) in [6.45, 7) is 0.143. The molecule has 1 aliphatic rings. The van der Waals surface area contributed by atoms with E-state index in [0.717, 1.165) is 0 Å². The molecule has 2 aromatic rings. The fraction of sp³-hybridized carbons (Fsp3) is 0.350. The minimum absolute atomic E-state index is 0.0728. The van der Waals surface area contributed by atoms with Crippen LogP contribution in [0.4, 0.5) is 14.9 Å². The molecule has 1 saturated carbocycles. The SMILES string of the molecule is O=C(Nc1ccc(OCc2ccccn2)c(F)c1)NC1CCC(C(=O)O)CC1. The first-order valence-corrected chi connectivity index (χ1v) is 9.14. The molecule has 1 aromatic heterocycles. The number of hydrogen-bond donors (Lipinski definition) is 3. The average Bonchev–Trinajstić information content (AvgIpc) is 2.68. The maximum Gasteiger partial charge on any atom is 0.319 e. The monoisotopic (exact) mass is 387 g/mol. The maximum absolute atomic E-state index is 14.2. The normalized spacial score (nSPS) is 18.9. The molecule has 0 spiro atoms. The number of carbonyl (C=O) groups is 2. The smallest absolute Gasteiger partial charge is 0.319 e. The number of benzene rings is 1. The Labute approximate surface area is 161 Å². The van der Waals surface area contributed by atoms with Gasteiger partial charge in [0.25, 0.3) is 0 Å². The highest BCUT2D eigenvalue weighted by Crippen LogP contribution is 2.25. The van der Waals surface area contributed by atoms with Gasteiger partial charge in [0, 0.05) is 24.0 Å². The maximum atomic E-state index is 14.2. The second kappa shape index (κ2) is 9.16. The van der Waals surface area contributed by atoms with Crippen molar-refractivity contribution in [3.63, 3.8) is 0 Å². The summed E-state index contributed by atoms with van der Waals surface area (Å²) in [4.78, 5) is 27.2. The third-order valence-corrected chi connectivity index (χ3v) is 4.70. The molecule has 3 N–H and O–H groups in total. The molecule has 8 heteroatoms. The third-order valence-electron chi connectivity index (χ3n) is 4.70. The zero-order chi connectivity index (χ0) is 19.9. The summed E-state index contributed by atoms with van der Waals surface area (Å²) in [5.74, 6) is -1.64. The van der Waals surface area contributed by atoms with Crippen molar-refractivity contribution in [2.45, 2.75) is 38.3 Å². The molecule has 0 atom stereocenters. The summed E-state index contributed by atoms with van der Waals surface area (Å²) in [5, 5.41) is 14.4. The standard InChI is InChI=1S/C20H22FN3O4/c21-17-11-15(8-9-18(17)28-12-16-3-1-2-10-22-16)24-20(27)23-14-6-4-13(5-7-14)19(25)26/h1-3,8-11,13-14H,4-7,12H2,(H,25,26)(H2,23,24,27). The van der Waals surface area contributed by atoms with Crippen LogP contribution in [0, 0.1) is 11.7 Å². The Kier molecular flexibility index (Phi) is 6.41. The van der Waals surface area contributed by atoms with Crippen LogP contribution in [0.3, 0.4) is 0 Å². The first-order valence-electron chi connectivity index (χ1n) is 9.14. The van der Waals surface area contributed by atoms with Crippen LogP contribution in [-0.4, -0.2) is 28.1 Å². The number of nitrogens with zero attached hydrogens (tertiary/aromatic N) is 1. The number of pyridine rings is 1. The van der Waals surface area contributed by atoms with Gasteiger partial charge in [-0.05, 0) is 49.9 Å². The molecule has 148 valence electrons. The number of amides is 2. The van der Waals surface area contributed by atoms with E-state index >= 15 is 0 Å². The molecule has 0 unspecified atom stereocenters. The number of carbonyl (C=O) groups excluding carboxylic acids is 1. The van der Waals surface area contributed by atoms with Gasteiger partial charge in [0.15, 0.2) is 11.6 Å². The van der Waals surface area contributed by atoms with Crippen molar-refractivity contribution in [1.82, 2.24) is 10.3 Å². The Morgan fingerprint density at radius 3 is 2.61 bits per heavy atom. The number of nitrogens with one attached hydrogen (secondary N) is 2. The van der Waals surface area contributed by atoms with E-state index in [0.29, 0.717) is 37.1 Å². The largest absolute Gasteiger partial charge is 0.484 e. The van der Waals surface area contributed by atoms with Crippen molar-refractivity contribution in [3.05, 3.63) is 54.1 Å². The molecule has 0 radical (unpaired) electrons. The molecule has 1 fully saturated rings. The van der Waals surface area contributed by atoms with Crippen LogP contribution < -0.4 is 15.4 Å². The van der Waals surface area contributed by atoms with Crippen LogP contribution in [0.15, 0.2) is 42.6 Å². The molecule has 0 aliphatic heterocycles. The number of ether oxygens (including phenoxy) is 1. The molecular weight excluding hydrogens is 365 g/mol. The second-order valence-corrected chi connectivity index (χ2v) is 6.74. The van der Waals surface area contributed by atoms with Gasteiger partial charge in [-0.25, -0.2) is 9.18 Å². The number of carboxylic acid groups (broad SMARTS) is 1. The quantitative estimate of drug-likeness (QED) is 0.704. The van der Waals surface area contributed by atoms with Crippen LogP contribution in [0.1, 0.15) is 31.4 Å². The van der Waals surface area contributed by atoms with Gasteiger partial charge in [0.1, 0.15) is 6.61 Å². The Morgan fingerprint density at radius 1 is 1.18 bits per heavy atom. The van der Waals surface area contributed by atoms with Gasteiger partial charge < -0.3 is 20.5 Å². The number of carboxylic acids is 1. The molecule has 1 aromatic carbocycles. The van der Waals surface area contributed by atoms with Gasteiger partial charge in [0.2, 0.25) is 0 Å². The Morgan fingerprint density at radius 2 is 1.96 bits per heavy atom. The molecule has 2 amide bonds. The lowest BCUT2D eigenvalue weighted by molar-refractivity contribution is -0.142. The second-order valence-electron chi connectivity index (χ2n) is 6.74. The number of rotatable bonds is 6. The lowest BCUT2D eigenvalue weighted by Crippen LogP contribution is -2.41. The number of halogens is 1. The highest BCUT2D eigenvalue weighted by atomic mass is 19.1. The summed E-state index contributed by atoms with van der Waals surface area (Å²) >= 11 is 0. The summed E-state index contributed by atoms with van der Waals surface area (Å²) in [6, 6.07) is 9.05. The van der Waals surface area contributed by atoms with Crippen LogP contribution in [0.5, 0.6) is 5.75 Å². The first-order chi connectivity index (χ1) is 13.5. The van der Waals surface area contributed by atoms with Gasteiger partial charge in [-0.3, -0.25) is 9.78 Å². The molecule has 7 nitrogen and oxygen atoms in total. The average molecular weight is 387 g/mol. The van der Waals surface area contributed by atoms with E-state index in [1.807, 2.05) is 6.07 Å². The lowest BCUT2D eigenvalue weighted by Gasteiger charge is -2.26. The van der Waals surface area contributed by atoms with E-state index in [9.17, 15) is 14.0 Å². The van der Waals surface area contributed by atoms with Gasteiger partial charge in [-0.1, -0.05) is 6.07 Å². The van der Waals surface area contributed by atoms with Crippen molar-refractivity contribution in [2.75, 3.05) is 5.32 Å². The lowest BCUT2D eigenvalue weighted by atomic mass is 9.86. The fourth-order valence-electron chi connectivity index (χ4n) is 3.17. The van der Waals surface area contributed by atoms with Gasteiger partial charge in [-0.15, -0.1) is 0 Å². The van der Waals surface area contributed by atoms with Crippen molar-refractivity contribution in [3.8, 4) is 5.75 Å². The molecule has 1 aliphatic carbocycles. The third kappa shape index (κ3) is 5.42. The summed E-state index contributed by atoms with van der Waals surface area (Å²) < 4.78 is 19.6. The Bertz CT molecular complexity index is 823. The van der Waals surface area contributed by atoms with Crippen LogP contribution in [-0.2, 0) is 11.4 Å². The number of aliphatic carboxylic acids is 1. The molecule has 1 heterocycles. The predicted molar refractivity (Wildman–Crippen MR) is 101 cm³/mol. The molecule has 28 heavy (non-hydrogen) atoms. The topological polar surface area (TPSA) is 101 Å². The minimum Gasteiger partial charge on any atom is -0.484 e. The fourth-order valence-corrected chi connectivity index (χ4v) is 3.17. The highest BCUT2D eigenvalue weighted by molar-refractivity contribution is 5.89. The first kappa shape index (κ1) is 19.6. The number of aromatic nitrogens is 1. The van der Waals surface area contributed by atoms with Gasteiger partial charge in [-0.2, -0.15) is 0 Å². The Hall–Kier alpha value is -3.16. The van der Waals surface area contributed by atoms with Crippen LogP contribution >= 0.6 is 0 Å². The summed E-state index contributed by atoms with van der Waals surface area (Å²) in [7, 11) is 0. The van der Waals surface area contributed by atoms with Gasteiger partial charge in [0.05, 0.1) is 11.6 Å². The summed E-state index contributed by atoms with van der Waals surface area (Å²) in [6.07, 6.45) is 3.93. The van der Waals surface area contributed by atoms with Crippen molar-refractivity contribution in [1.29, 1.82) is 0 Å². The molecule has 3 rings (SSSR count). The van der Waals surface area contributed by atoms with E-state index in [2.05, 4.69) is 15.6 Å². The van der Waals surface area contributed by atoms with Crippen molar-refractivity contribution in [2.24, 2.45) is 5.92 Å². The van der Waals surface area contributed by atoms with Crippen LogP contribution in [0.2, 0.25) is 0 Å².